The van der Waals surface area contributed by atoms with Gasteiger partial charge in [-0.25, -0.2) is 15.2 Å². The highest BCUT2D eigenvalue weighted by Crippen LogP contribution is 2.42. The highest BCUT2D eigenvalue weighted by atomic mass is 32.1. The van der Waals surface area contributed by atoms with E-state index in [-0.39, 0.29) is 43.0 Å². The second kappa shape index (κ2) is 17.9. The maximum absolute atomic E-state index is 14.6. The van der Waals surface area contributed by atoms with Crippen molar-refractivity contribution in [3.8, 4) is 22.5 Å². The Morgan fingerprint density at radius 1 is 1.14 bits per heavy atom. The molecule has 4 aliphatic rings. The van der Waals surface area contributed by atoms with Crippen molar-refractivity contribution in [3.63, 3.8) is 0 Å². The number of urea groups is 1. The standard InChI is InChI=1S/C47H63N9O6S/c1-10-54-37-16-15-29-19-32(37)33(42(54)31-13-11-17-48-40(31)28(4)61-9)21-47(5,6)26-62-45(59)34-14-12-18-56(51-34)44(58)35(20-39-49-36(29)25-63-39)50-43(57)41(27(2)3)53(8)46(60)55-23-30-22-52(7)24-38(30)55/h11,13,15-17,19,25,27-28,30,34-35,38,41,51H,10,12,14,18,20-24,26H2,1-9H3,(H,50,57)/t28-,30+,34-,35-,38+,41-/m0/s1. The molecule has 3 aromatic heterocycles. The molecule has 0 saturated carbocycles. The summed E-state index contributed by atoms with van der Waals surface area (Å²) in [6.07, 6.45) is 3.32. The van der Waals surface area contributed by atoms with E-state index in [0.29, 0.717) is 49.8 Å². The van der Waals surface area contributed by atoms with Crippen LogP contribution in [0.1, 0.15) is 76.8 Å². The average molecular weight is 882 g/mol. The largest absolute Gasteiger partial charge is 0.464 e. The molecule has 7 heterocycles. The van der Waals surface area contributed by atoms with Gasteiger partial charge < -0.3 is 34.1 Å². The third kappa shape index (κ3) is 8.71. The number of ether oxygens (including phenoxy) is 2. The number of amides is 4. The molecule has 8 rings (SSSR count). The number of pyridine rings is 1. The molecule has 6 bridgehead atoms. The number of hydrogen-bond acceptors (Lipinski definition) is 11. The summed E-state index contributed by atoms with van der Waals surface area (Å²) in [5.41, 5.74) is 9.43. The van der Waals surface area contributed by atoms with E-state index in [1.54, 1.807) is 20.4 Å². The predicted octanol–water partition coefficient (Wildman–Crippen LogP) is 5.52. The lowest BCUT2D eigenvalue weighted by molar-refractivity contribution is -0.155. The van der Waals surface area contributed by atoms with Gasteiger partial charge in [0.2, 0.25) is 5.91 Å². The minimum Gasteiger partial charge on any atom is -0.464 e. The monoisotopic (exact) mass is 881 g/mol. The summed E-state index contributed by atoms with van der Waals surface area (Å²) in [4.78, 5) is 72.3. The predicted molar refractivity (Wildman–Crippen MR) is 243 cm³/mol. The first-order chi connectivity index (χ1) is 30.1. The van der Waals surface area contributed by atoms with Gasteiger partial charge in [0.05, 0.1) is 40.8 Å². The van der Waals surface area contributed by atoms with Crippen LogP contribution in [-0.4, -0.2) is 136 Å². The lowest BCUT2D eigenvalue weighted by atomic mass is 9.84. The van der Waals surface area contributed by atoms with Crippen molar-refractivity contribution in [1.29, 1.82) is 0 Å². The fourth-order valence-electron chi connectivity index (χ4n) is 10.1. The number of hydrazine groups is 1. The minimum atomic E-state index is -1.03. The molecule has 6 atom stereocenters. The number of esters is 1. The average Bonchev–Trinajstić information content (AvgIpc) is 3.94. The molecule has 3 fully saturated rings. The van der Waals surface area contributed by atoms with E-state index in [0.717, 1.165) is 57.8 Å². The zero-order chi connectivity index (χ0) is 44.9. The molecule has 15 nitrogen and oxygen atoms in total. The molecule has 4 aliphatic heterocycles. The number of thiazole rings is 1. The van der Waals surface area contributed by atoms with Gasteiger partial charge in [0.25, 0.3) is 5.91 Å². The summed E-state index contributed by atoms with van der Waals surface area (Å²) in [6, 6.07) is 7.82. The van der Waals surface area contributed by atoms with Crippen LogP contribution in [0.2, 0.25) is 0 Å². The number of carbonyl (C=O) groups is 4. The molecule has 0 aliphatic carbocycles. The number of nitrogens with one attached hydrogen (secondary N) is 2. The maximum Gasteiger partial charge on any atom is 0.324 e. The summed E-state index contributed by atoms with van der Waals surface area (Å²) in [5, 5.41) is 8.25. The van der Waals surface area contributed by atoms with E-state index >= 15 is 0 Å². The fourth-order valence-corrected chi connectivity index (χ4v) is 11.0. The van der Waals surface area contributed by atoms with Gasteiger partial charge >= 0.3 is 12.0 Å². The molecule has 0 radical (unpaired) electrons. The highest BCUT2D eigenvalue weighted by molar-refractivity contribution is 7.10. The van der Waals surface area contributed by atoms with Gasteiger partial charge in [-0.1, -0.05) is 33.8 Å². The number of nitrogens with zero attached hydrogens (tertiary/aromatic N) is 7. The van der Waals surface area contributed by atoms with Gasteiger partial charge in [-0.2, -0.15) is 0 Å². The Hall–Kier alpha value is -4.90. The van der Waals surface area contributed by atoms with Gasteiger partial charge in [-0.15, -0.1) is 11.3 Å². The van der Waals surface area contributed by atoms with Gasteiger partial charge in [-0.3, -0.25) is 24.4 Å². The normalized spacial score (nSPS) is 23.8. The van der Waals surface area contributed by atoms with E-state index in [1.165, 1.54) is 21.2 Å². The number of fused-ring (bicyclic) bond motifs is 7. The van der Waals surface area contributed by atoms with E-state index in [2.05, 4.69) is 72.3 Å². The third-order valence-corrected chi connectivity index (χ3v) is 14.3. The molecular weight excluding hydrogens is 819 g/mol. The van der Waals surface area contributed by atoms with Crippen molar-refractivity contribution >= 4 is 46.1 Å². The van der Waals surface area contributed by atoms with E-state index < -0.39 is 35.4 Å². The number of hydrogen-bond donors (Lipinski definition) is 2. The van der Waals surface area contributed by atoms with E-state index in [4.69, 9.17) is 19.4 Å². The second-order valence-electron chi connectivity index (χ2n) is 19.1. The number of aromatic nitrogens is 3. The first-order valence-corrected chi connectivity index (χ1v) is 23.3. The Balaban J connectivity index is 1.17. The molecule has 2 N–H and O–H groups in total. The van der Waals surface area contributed by atoms with Crippen molar-refractivity contribution < 1.29 is 28.7 Å². The molecule has 338 valence electrons. The van der Waals surface area contributed by atoms with Crippen molar-refractivity contribution in [1.82, 2.24) is 45.0 Å². The van der Waals surface area contributed by atoms with Crippen LogP contribution in [0.3, 0.4) is 0 Å². The minimum absolute atomic E-state index is 0.118. The van der Waals surface area contributed by atoms with Gasteiger partial charge in [0.15, 0.2) is 0 Å². The van der Waals surface area contributed by atoms with Gasteiger partial charge in [-0.05, 0) is 75.9 Å². The quantitative estimate of drug-likeness (QED) is 0.216. The van der Waals surface area contributed by atoms with Crippen LogP contribution in [0.5, 0.6) is 0 Å². The van der Waals surface area contributed by atoms with Gasteiger partial charge in [0.1, 0.15) is 18.1 Å². The van der Waals surface area contributed by atoms with Crippen molar-refractivity contribution in [3.05, 3.63) is 58.2 Å². The van der Waals surface area contributed by atoms with Crippen LogP contribution in [0.15, 0.2) is 41.9 Å². The number of aryl methyl sites for hydroxylation is 1. The maximum atomic E-state index is 14.6. The fraction of sp³-hybridized carbons (Fsp3) is 0.574. The van der Waals surface area contributed by atoms with Crippen LogP contribution in [-0.2, 0) is 43.2 Å². The van der Waals surface area contributed by atoms with Crippen LogP contribution in [0.25, 0.3) is 33.4 Å². The highest BCUT2D eigenvalue weighted by Gasteiger charge is 2.49. The van der Waals surface area contributed by atoms with E-state index in [9.17, 15) is 19.2 Å². The first-order valence-electron chi connectivity index (χ1n) is 22.4. The third-order valence-electron chi connectivity index (χ3n) is 13.4. The number of rotatable bonds is 8. The molecule has 63 heavy (non-hydrogen) atoms. The van der Waals surface area contributed by atoms with Crippen molar-refractivity contribution in [2.75, 3.05) is 54.0 Å². The number of likely N-dealkylation sites (N-methyl/N-ethyl adjacent to an activating group) is 2. The molecule has 0 spiro atoms. The molecule has 4 amide bonds. The van der Waals surface area contributed by atoms with Crippen LogP contribution < -0.4 is 10.7 Å². The number of cyclic esters (lactones) is 1. The topological polar surface area (TPSA) is 154 Å². The summed E-state index contributed by atoms with van der Waals surface area (Å²) in [5.74, 6) is -1.03. The number of carbonyl (C=O) groups excluding carboxylic acids is 4. The van der Waals surface area contributed by atoms with Crippen LogP contribution in [0, 0.1) is 17.3 Å². The Kier molecular flexibility index (Phi) is 12.7. The molecule has 0 unspecified atom stereocenters. The van der Waals surface area contributed by atoms with Crippen molar-refractivity contribution in [2.45, 2.75) is 104 Å². The molecule has 4 aromatic rings. The number of methoxy groups -OCH3 is 1. The molecule has 3 saturated heterocycles. The summed E-state index contributed by atoms with van der Waals surface area (Å²) in [6.45, 7) is 15.8. The first kappa shape index (κ1) is 44.7. The summed E-state index contributed by atoms with van der Waals surface area (Å²) < 4.78 is 14.3. The summed E-state index contributed by atoms with van der Waals surface area (Å²) in [7, 11) is 5.44. The smallest absolute Gasteiger partial charge is 0.324 e. The van der Waals surface area contributed by atoms with E-state index in [1.807, 2.05) is 37.1 Å². The lowest BCUT2D eigenvalue weighted by Gasteiger charge is -2.46. The zero-order valence-corrected chi connectivity index (χ0v) is 39.0. The molecular formula is C47H63N9O6S. The zero-order valence-electron chi connectivity index (χ0n) is 38.1. The van der Waals surface area contributed by atoms with Crippen molar-refractivity contribution in [2.24, 2.45) is 17.3 Å². The molecule has 16 heteroatoms. The SMILES string of the molecule is CCn1c(-c2cccnc2[C@H](C)OC)c2c3cc(ccc31)-c1csc(n1)C[C@H](NC(=O)[C@H](C(C)C)N(C)C(=O)N1C[C@H]3CN(C)C[C@H]31)C(=O)N1CCC[C@H](N1)C(=O)OCC(C)(C)C2. The Bertz CT molecular complexity index is 2380. The Morgan fingerprint density at radius 3 is 2.67 bits per heavy atom. The molecule has 1 aromatic carbocycles. The Morgan fingerprint density at radius 2 is 1.94 bits per heavy atom. The summed E-state index contributed by atoms with van der Waals surface area (Å²) >= 11 is 1.44. The van der Waals surface area contributed by atoms with Crippen LogP contribution in [0.4, 0.5) is 4.79 Å². The number of benzene rings is 1. The van der Waals surface area contributed by atoms with Gasteiger partial charge in [0, 0.05) is 98.2 Å². The second-order valence-corrected chi connectivity index (χ2v) is 20.0. The number of likely N-dealkylation sites (tertiary alicyclic amines) is 2. The Labute approximate surface area is 374 Å². The van der Waals surface area contributed by atoms with Crippen LogP contribution >= 0.6 is 11.3 Å². The lowest BCUT2D eigenvalue weighted by Crippen LogP contribution is -2.65.